The molecular weight excluding hydrogens is 232 g/mol. The van der Waals surface area contributed by atoms with Gasteiger partial charge in [-0.05, 0) is 63.6 Å². The number of hydrogen-bond donors (Lipinski definition) is 1. The van der Waals surface area contributed by atoms with E-state index in [0.717, 1.165) is 17.5 Å². The lowest BCUT2D eigenvalue weighted by Gasteiger charge is -2.31. The van der Waals surface area contributed by atoms with Gasteiger partial charge in [0.1, 0.15) is 0 Å². The molecule has 94 valence electrons. The summed E-state index contributed by atoms with van der Waals surface area (Å²) in [6.07, 6.45) is 1.29. The van der Waals surface area contributed by atoms with Gasteiger partial charge in [0.15, 0.2) is 0 Å². The molecule has 1 aromatic carbocycles. The van der Waals surface area contributed by atoms with Gasteiger partial charge in [-0.25, -0.2) is 0 Å². The van der Waals surface area contributed by atoms with Crippen molar-refractivity contribution in [1.82, 2.24) is 10.2 Å². The molecule has 0 saturated carbocycles. The lowest BCUT2D eigenvalue weighted by molar-refractivity contribution is 0.217. The average Bonchev–Trinajstić information content (AvgIpc) is 2.27. The topological polar surface area (TPSA) is 15.3 Å². The lowest BCUT2D eigenvalue weighted by atomic mass is 9.98. The highest BCUT2D eigenvalue weighted by atomic mass is 35.5. The Labute approximate surface area is 109 Å². The van der Waals surface area contributed by atoms with Gasteiger partial charge in [-0.2, -0.15) is 0 Å². The maximum atomic E-state index is 5.90. The van der Waals surface area contributed by atoms with Crippen LogP contribution in [0.15, 0.2) is 24.3 Å². The summed E-state index contributed by atoms with van der Waals surface area (Å²) in [5, 5.41) is 4.13. The fourth-order valence-electron chi connectivity index (χ4n) is 2.13. The minimum absolute atomic E-state index is 0.459. The van der Waals surface area contributed by atoms with Gasteiger partial charge < -0.3 is 5.32 Å². The Balaban J connectivity index is 1.84. The largest absolute Gasteiger partial charge is 0.316 e. The van der Waals surface area contributed by atoms with E-state index in [9.17, 15) is 0 Å². The maximum absolute atomic E-state index is 5.90. The number of hydrogen-bond acceptors (Lipinski definition) is 2. The van der Waals surface area contributed by atoms with Crippen LogP contribution in [0.1, 0.15) is 24.9 Å². The molecule has 1 atom stereocenters. The van der Waals surface area contributed by atoms with E-state index in [1.807, 2.05) is 12.1 Å². The molecule has 0 aliphatic carbocycles. The van der Waals surface area contributed by atoms with Crippen LogP contribution in [0.25, 0.3) is 0 Å². The van der Waals surface area contributed by atoms with E-state index < -0.39 is 0 Å². The van der Waals surface area contributed by atoms with Gasteiger partial charge in [-0.3, -0.25) is 4.90 Å². The van der Waals surface area contributed by atoms with Crippen LogP contribution in [-0.2, 0) is 0 Å². The molecule has 1 heterocycles. The van der Waals surface area contributed by atoms with E-state index in [1.54, 1.807) is 0 Å². The molecule has 1 aliphatic rings. The van der Waals surface area contributed by atoms with Gasteiger partial charge in [0.2, 0.25) is 0 Å². The first-order chi connectivity index (χ1) is 8.16. The van der Waals surface area contributed by atoms with Crippen LogP contribution in [0.2, 0.25) is 5.02 Å². The standard InChI is InChI=1S/C14H21ClN2/c1-11(13-3-5-14(15)6-4-13)17(2)8-7-12-9-16-10-12/h3-6,11-12,16H,7-10H2,1-2H3. The first kappa shape index (κ1) is 12.9. The van der Waals surface area contributed by atoms with E-state index in [2.05, 4.69) is 36.3 Å². The predicted octanol–water partition coefficient (Wildman–Crippen LogP) is 2.94. The molecule has 1 N–H and O–H groups in total. The van der Waals surface area contributed by atoms with Crippen LogP contribution in [0.5, 0.6) is 0 Å². The quantitative estimate of drug-likeness (QED) is 0.867. The van der Waals surface area contributed by atoms with Crippen LogP contribution >= 0.6 is 11.6 Å². The molecule has 1 saturated heterocycles. The number of benzene rings is 1. The number of halogens is 1. The molecule has 0 aromatic heterocycles. The Kier molecular flexibility index (Phi) is 4.43. The van der Waals surface area contributed by atoms with E-state index in [-0.39, 0.29) is 0 Å². The molecule has 0 radical (unpaired) electrons. The summed E-state index contributed by atoms with van der Waals surface area (Å²) in [5.74, 6) is 0.884. The molecule has 2 rings (SSSR count). The van der Waals surface area contributed by atoms with Gasteiger partial charge in [-0.1, -0.05) is 23.7 Å². The highest BCUT2D eigenvalue weighted by Gasteiger charge is 2.18. The monoisotopic (exact) mass is 252 g/mol. The third-order valence-electron chi connectivity index (χ3n) is 3.77. The summed E-state index contributed by atoms with van der Waals surface area (Å²) in [4.78, 5) is 2.42. The number of nitrogens with zero attached hydrogens (tertiary/aromatic N) is 1. The van der Waals surface area contributed by atoms with Gasteiger partial charge in [-0.15, -0.1) is 0 Å². The van der Waals surface area contributed by atoms with Crippen molar-refractivity contribution >= 4 is 11.6 Å². The first-order valence-electron chi connectivity index (χ1n) is 6.33. The van der Waals surface area contributed by atoms with Crippen molar-refractivity contribution in [3.8, 4) is 0 Å². The summed E-state index contributed by atoms with van der Waals surface area (Å²) >= 11 is 5.90. The van der Waals surface area contributed by atoms with E-state index in [0.29, 0.717) is 6.04 Å². The molecule has 0 amide bonds. The fourth-order valence-corrected chi connectivity index (χ4v) is 2.25. The van der Waals surface area contributed by atoms with Gasteiger partial charge in [0.05, 0.1) is 0 Å². The summed E-state index contributed by atoms with van der Waals surface area (Å²) in [7, 11) is 2.20. The van der Waals surface area contributed by atoms with Crippen LogP contribution in [0.3, 0.4) is 0 Å². The van der Waals surface area contributed by atoms with Crippen molar-refractivity contribution in [3.05, 3.63) is 34.9 Å². The van der Waals surface area contributed by atoms with Crippen LogP contribution in [0.4, 0.5) is 0 Å². The van der Waals surface area contributed by atoms with Crippen LogP contribution < -0.4 is 5.32 Å². The summed E-state index contributed by atoms with van der Waals surface area (Å²) < 4.78 is 0. The van der Waals surface area contributed by atoms with Crippen molar-refractivity contribution < 1.29 is 0 Å². The number of rotatable bonds is 5. The van der Waals surface area contributed by atoms with Crippen molar-refractivity contribution in [1.29, 1.82) is 0 Å². The summed E-state index contributed by atoms with van der Waals surface area (Å²) in [5.41, 5.74) is 1.34. The Hall–Kier alpha value is -0.570. The molecule has 2 nitrogen and oxygen atoms in total. The Bertz CT molecular complexity index is 346. The minimum atomic E-state index is 0.459. The highest BCUT2D eigenvalue weighted by Crippen LogP contribution is 2.21. The first-order valence-corrected chi connectivity index (χ1v) is 6.71. The second-order valence-corrected chi connectivity index (χ2v) is 5.46. The van der Waals surface area contributed by atoms with Crippen molar-refractivity contribution in [2.45, 2.75) is 19.4 Å². The smallest absolute Gasteiger partial charge is 0.0406 e. The van der Waals surface area contributed by atoms with E-state index in [1.165, 1.54) is 25.1 Å². The predicted molar refractivity (Wildman–Crippen MR) is 73.5 cm³/mol. The lowest BCUT2D eigenvalue weighted by Crippen LogP contribution is -2.43. The molecule has 0 bridgehead atoms. The number of nitrogens with one attached hydrogen (secondary N) is 1. The SMILES string of the molecule is CC(c1ccc(Cl)cc1)N(C)CCC1CNC1. The molecule has 1 aliphatic heterocycles. The zero-order chi connectivity index (χ0) is 12.3. The second-order valence-electron chi connectivity index (χ2n) is 5.02. The van der Waals surface area contributed by atoms with Crippen LogP contribution in [-0.4, -0.2) is 31.6 Å². The summed E-state index contributed by atoms with van der Waals surface area (Å²) in [6.45, 7) is 5.81. The molecule has 0 spiro atoms. The highest BCUT2D eigenvalue weighted by molar-refractivity contribution is 6.30. The molecule has 17 heavy (non-hydrogen) atoms. The average molecular weight is 253 g/mol. The van der Waals surface area contributed by atoms with Crippen molar-refractivity contribution in [3.63, 3.8) is 0 Å². The van der Waals surface area contributed by atoms with Gasteiger partial charge in [0.25, 0.3) is 0 Å². The molecule has 3 heteroatoms. The van der Waals surface area contributed by atoms with Crippen molar-refractivity contribution in [2.24, 2.45) is 5.92 Å². The normalized spacial score (nSPS) is 18.1. The summed E-state index contributed by atoms with van der Waals surface area (Å²) in [6, 6.07) is 8.64. The van der Waals surface area contributed by atoms with Crippen molar-refractivity contribution in [2.75, 3.05) is 26.7 Å². The third kappa shape index (κ3) is 3.44. The van der Waals surface area contributed by atoms with E-state index in [4.69, 9.17) is 11.6 Å². The third-order valence-corrected chi connectivity index (χ3v) is 4.02. The van der Waals surface area contributed by atoms with Gasteiger partial charge >= 0.3 is 0 Å². The minimum Gasteiger partial charge on any atom is -0.316 e. The van der Waals surface area contributed by atoms with Gasteiger partial charge in [0, 0.05) is 11.1 Å². The fraction of sp³-hybridized carbons (Fsp3) is 0.571. The Morgan fingerprint density at radius 3 is 2.53 bits per heavy atom. The molecule has 1 aromatic rings. The Morgan fingerprint density at radius 2 is 2.00 bits per heavy atom. The molecule has 1 fully saturated rings. The molecule has 1 unspecified atom stereocenters. The van der Waals surface area contributed by atoms with E-state index >= 15 is 0 Å². The zero-order valence-corrected chi connectivity index (χ0v) is 11.4. The molecular formula is C14H21ClN2. The Morgan fingerprint density at radius 1 is 1.35 bits per heavy atom. The van der Waals surface area contributed by atoms with Crippen LogP contribution in [0, 0.1) is 5.92 Å². The maximum Gasteiger partial charge on any atom is 0.0406 e. The second kappa shape index (κ2) is 5.85. The zero-order valence-electron chi connectivity index (χ0n) is 10.6.